The van der Waals surface area contributed by atoms with Crippen LogP contribution in [0.4, 0.5) is 0 Å². The second-order valence-electron chi connectivity index (χ2n) is 17.8. The highest BCUT2D eigenvalue weighted by Gasteiger charge is 2.50. The standard InChI is InChI=1S/C48H64O27/c1-5-22-24(26(42(62)64-3)17-68-44(22)74-47-40(60)36(56)33(53)28(15-49)71-47)13-31(51)67-19-30-35(55)38(58)39(59)46(73-30)66-12-11-20-7-9-21(10-8-20)70-32(52)14-25-23(6-2)45(69-18-27(25)43(63)65-4)75-48-41(61)37(57)34(54)29(16-50)72-48/h5-10,17-18,24-25,28-30,33-41,44-50,53-61H,11-16,19H2,1-4H3. The van der Waals surface area contributed by atoms with Crippen molar-refractivity contribution in [3.8, 4) is 5.75 Å². The van der Waals surface area contributed by atoms with Crippen LogP contribution >= 0.6 is 0 Å². The molecule has 19 atom stereocenters. The Morgan fingerprint density at radius 1 is 0.560 bits per heavy atom. The first-order chi connectivity index (χ1) is 35.8. The zero-order chi connectivity index (χ0) is 54.8. The van der Waals surface area contributed by atoms with E-state index in [9.17, 15) is 75.3 Å². The molecule has 5 aliphatic rings. The predicted octanol–water partition coefficient (Wildman–Crippen LogP) is -4.13. The van der Waals surface area contributed by atoms with Gasteiger partial charge in [0.25, 0.3) is 0 Å². The number of aliphatic hydroxyl groups is 11. The molecule has 1 aromatic carbocycles. The van der Waals surface area contributed by atoms with E-state index in [2.05, 4.69) is 0 Å². The lowest BCUT2D eigenvalue weighted by Crippen LogP contribution is -2.60. The zero-order valence-electron chi connectivity index (χ0n) is 41.0. The number of carbonyl (C=O) groups is 4. The van der Waals surface area contributed by atoms with Gasteiger partial charge in [-0.3, -0.25) is 9.59 Å². The van der Waals surface area contributed by atoms with Crippen LogP contribution in [0.5, 0.6) is 5.75 Å². The third kappa shape index (κ3) is 13.8. The molecule has 27 nitrogen and oxygen atoms in total. The molecule has 418 valence electrons. The first-order valence-corrected chi connectivity index (χ1v) is 23.7. The maximum atomic E-state index is 13.4. The Kier molecular flexibility index (Phi) is 21.2. The SMILES string of the molecule is CC=C1C(OC2OC(CO)C(O)C(O)C2O)OC=C(C(=O)OC)C1CC(=O)OCC1OC(OCCc2ccc(OC(=O)CC3C(C(=O)OC)=COC(OC4OC(CO)C(O)C(O)C4O)C3=CC)cc2)C(O)C(O)C1O. The molecule has 75 heavy (non-hydrogen) atoms. The average molecular weight is 1070 g/mol. The smallest absolute Gasteiger partial charge is 0.337 e. The topological polar surface area (TPSA) is 402 Å². The quantitative estimate of drug-likeness (QED) is 0.0271. The predicted molar refractivity (Wildman–Crippen MR) is 243 cm³/mol. The summed E-state index contributed by atoms with van der Waals surface area (Å²) in [6, 6.07) is 6.15. The van der Waals surface area contributed by atoms with E-state index in [1.54, 1.807) is 19.1 Å². The highest BCUT2D eigenvalue weighted by atomic mass is 16.8. The van der Waals surface area contributed by atoms with E-state index in [-0.39, 0.29) is 41.1 Å². The zero-order valence-corrected chi connectivity index (χ0v) is 41.0. The van der Waals surface area contributed by atoms with Crippen LogP contribution < -0.4 is 4.74 Å². The number of hydrogen-bond acceptors (Lipinski definition) is 27. The Morgan fingerprint density at radius 2 is 0.987 bits per heavy atom. The van der Waals surface area contributed by atoms with E-state index < -0.39 is 173 Å². The Bertz CT molecular complexity index is 2230. The van der Waals surface area contributed by atoms with Crippen LogP contribution in [0.25, 0.3) is 0 Å². The van der Waals surface area contributed by atoms with Crippen LogP contribution in [-0.4, -0.2) is 225 Å². The lowest BCUT2D eigenvalue weighted by molar-refractivity contribution is -0.327. The van der Waals surface area contributed by atoms with Gasteiger partial charge in [0.2, 0.25) is 12.6 Å². The summed E-state index contributed by atoms with van der Waals surface area (Å²) in [6.45, 7) is 0.862. The van der Waals surface area contributed by atoms with Crippen molar-refractivity contribution in [1.29, 1.82) is 0 Å². The number of carbonyl (C=O) groups excluding carboxylic acids is 4. The van der Waals surface area contributed by atoms with Crippen molar-refractivity contribution in [3.63, 3.8) is 0 Å². The fraction of sp³-hybridized carbons (Fsp3) is 0.625. The molecule has 6 rings (SSSR count). The van der Waals surface area contributed by atoms with Crippen molar-refractivity contribution in [2.75, 3.05) is 40.6 Å². The molecule has 0 aliphatic carbocycles. The first-order valence-electron chi connectivity index (χ1n) is 23.7. The third-order valence-corrected chi connectivity index (χ3v) is 13.1. The van der Waals surface area contributed by atoms with Crippen LogP contribution in [-0.2, 0) is 77.7 Å². The Labute approximate surface area is 428 Å². The summed E-state index contributed by atoms with van der Waals surface area (Å²) in [7, 11) is 2.22. The maximum Gasteiger partial charge on any atom is 0.337 e. The van der Waals surface area contributed by atoms with Gasteiger partial charge in [-0.2, -0.15) is 0 Å². The van der Waals surface area contributed by atoms with E-state index in [1.807, 2.05) is 0 Å². The number of esters is 4. The van der Waals surface area contributed by atoms with Gasteiger partial charge in [-0.25, -0.2) is 9.59 Å². The molecule has 5 heterocycles. The second-order valence-corrected chi connectivity index (χ2v) is 17.8. The number of aliphatic hydroxyl groups excluding tert-OH is 11. The fourth-order valence-corrected chi connectivity index (χ4v) is 8.80. The van der Waals surface area contributed by atoms with Crippen LogP contribution in [0.1, 0.15) is 32.3 Å². The Morgan fingerprint density at radius 3 is 1.43 bits per heavy atom. The molecule has 0 radical (unpaired) electrons. The first kappa shape index (κ1) is 59.2. The van der Waals surface area contributed by atoms with Crippen LogP contribution in [0.3, 0.4) is 0 Å². The van der Waals surface area contributed by atoms with E-state index in [0.717, 1.165) is 26.7 Å². The van der Waals surface area contributed by atoms with Crippen LogP contribution in [0.15, 0.2) is 71.2 Å². The molecular weight excluding hydrogens is 1010 g/mol. The summed E-state index contributed by atoms with van der Waals surface area (Å²) in [5, 5.41) is 113. The van der Waals surface area contributed by atoms with E-state index in [1.165, 1.54) is 31.2 Å². The van der Waals surface area contributed by atoms with Gasteiger partial charge in [0, 0.05) is 23.0 Å². The number of methoxy groups -OCH3 is 2. The van der Waals surface area contributed by atoms with Gasteiger partial charge in [-0.05, 0) is 38.0 Å². The monoisotopic (exact) mass is 1070 g/mol. The van der Waals surface area contributed by atoms with Crippen LogP contribution in [0.2, 0.25) is 0 Å². The van der Waals surface area contributed by atoms with Crippen molar-refractivity contribution < 1.29 is 132 Å². The number of allylic oxidation sites excluding steroid dienone is 2. The summed E-state index contributed by atoms with van der Waals surface area (Å²) in [4.78, 5) is 52.3. The van der Waals surface area contributed by atoms with Crippen molar-refractivity contribution in [2.45, 2.75) is 138 Å². The number of benzene rings is 1. The van der Waals surface area contributed by atoms with Crippen molar-refractivity contribution in [2.24, 2.45) is 11.8 Å². The van der Waals surface area contributed by atoms with Gasteiger partial charge in [0.05, 0.1) is 70.6 Å². The van der Waals surface area contributed by atoms with Gasteiger partial charge < -0.3 is 113 Å². The normalized spacial score (nSPS) is 37.1. The molecule has 0 amide bonds. The van der Waals surface area contributed by atoms with E-state index >= 15 is 0 Å². The highest BCUT2D eigenvalue weighted by molar-refractivity contribution is 5.91. The molecule has 0 aromatic heterocycles. The van der Waals surface area contributed by atoms with Gasteiger partial charge in [-0.1, -0.05) is 24.3 Å². The summed E-state index contributed by atoms with van der Waals surface area (Å²) in [5.74, 6) is -5.53. The summed E-state index contributed by atoms with van der Waals surface area (Å²) < 4.78 is 65.8. The van der Waals surface area contributed by atoms with Crippen molar-refractivity contribution in [3.05, 3.63) is 76.8 Å². The maximum absolute atomic E-state index is 13.4. The molecule has 11 N–H and O–H groups in total. The second kappa shape index (κ2) is 26.8. The summed E-state index contributed by atoms with van der Waals surface area (Å²) >= 11 is 0. The highest BCUT2D eigenvalue weighted by Crippen LogP contribution is 2.38. The van der Waals surface area contributed by atoms with Crippen LogP contribution in [0, 0.1) is 11.8 Å². The lowest BCUT2D eigenvalue weighted by Gasteiger charge is -2.42. The third-order valence-electron chi connectivity index (χ3n) is 13.1. The van der Waals surface area contributed by atoms with Gasteiger partial charge in [0.1, 0.15) is 85.6 Å². The molecular formula is C48H64O27. The average Bonchev–Trinajstić information content (AvgIpc) is 3.40. The fourth-order valence-electron chi connectivity index (χ4n) is 8.80. The minimum Gasteiger partial charge on any atom is -0.468 e. The van der Waals surface area contributed by atoms with Gasteiger partial charge in [0.15, 0.2) is 18.9 Å². The van der Waals surface area contributed by atoms with E-state index in [4.69, 9.17) is 56.8 Å². The molecule has 0 saturated carbocycles. The molecule has 0 bridgehead atoms. The Hall–Kier alpha value is -5.02. The van der Waals surface area contributed by atoms with Gasteiger partial charge >= 0.3 is 23.9 Å². The summed E-state index contributed by atoms with van der Waals surface area (Å²) in [5.41, 5.74) is 0.788. The summed E-state index contributed by atoms with van der Waals surface area (Å²) in [6.07, 6.45) is -23.2. The molecule has 5 aliphatic heterocycles. The molecule has 3 saturated heterocycles. The minimum absolute atomic E-state index is 0.0730. The largest absolute Gasteiger partial charge is 0.468 e. The Balaban J connectivity index is 1.01. The number of hydrogen-bond donors (Lipinski definition) is 11. The minimum atomic E-state index is -1.81. The van der Waals surface area contributed by atoms with Gasteiger partial charge in [-0.15, -0.1) is 0 Å². The number of rotatable bonds is 19. The molecule has 1 aromatic rings. The molecule has 3 fully saturated rings. The molecule has 0 spiro atoms. The van der Waals surface area contributed by atoms with Crippen molar-refractivity contribution >= 4 is 23.9 Å². The molecule has 19 unspecified atom stereocenters. The number of ether oxygens (including phenoxy) is 12. The molecule has 27 heteroatoms. The van der Waals surface area contributed by atoms with E-state index in [0.29, 0.717) is 5.56 Å². The van der Waals surface area contributed by atoms with Crippen molar-refractivity contribution in [1.82, 2.24) is 0 Å². The lowest BCUT2D eigenvalue weighted by atomic mass is 9.86.